The molecule has 4 rings (SSSR count). The lowest BCUT2D eigenvalue weighted by molar-refractivity contribution is 0.0955. The molecule has 1 aromatic heterocycles. The molecule has 1 aliphatic heterocycles. The summed E-state index contributed by atoms with van der Waals surface area (Å²) in [4.78, 5) is 29.4. The molecule has 1 N–H and O–H groups in total. The molecule has 1 aliphatic rings. The van der Waals surface area contributed by atoms with Crippen LogP contribution in [-0.2, 0) is 19.4 Å². The molecule has 0 bridgehead atoms. The number of nitrogens with zero attached hydrogens (tertiary/aromatic N) is 3. The minimum absolute atomic E-state index is 0.0343. The predicted molar refractivity (Wildman–Crippen MR) is 105 cm³/mol. The summed E-state index contributed by atoms with van der Waals surface area (Å²) in [5.41, 5.74) is 5.64. The largest absolute Gasteiger partial charge is 0.296 e. The maximum atomic E-state index is 12.5. The van der Waals surface area contributed by atoms with E-state index in [2.05, 4.69) is 22.4 Å². The van der Waals surface area contributed by atoms with Crippen LogP contribution in [0.4, 0.5) is 0 Å². The van der Waals surface area contributed by atoms with E-state index in [0.29, 0.717) is 23.0 Å². The molecule has 6 heteroatoms. The minimum Gasteiger partial charge on any atom is -0.296 e. The summed E-state index contributed by atoms with van der Waals surface area (Å²) in [6, 6.07) is 12.9. The van der Waals surface area contributed by atoms with Crippen molar-refractivity contribution in [1.29, 1.82) is 0 Å². The molecule has 0 aliphatic carbocycles. The van der Waals surface area contributed by atoms with Gasteiger partial charge in [0.15, 0.2) is 0 Å². The molecule has 1 amide bonds. The fraction of sp³-hybridized carbons (Fsp3) is 0.238. The topological polar surface area (TPSA) is 76.3 Å². The van der Waals surface area contributed by atoms with Crippen molar-refractivity contribution in [1.82, 2.24) is 15.0 Å². The molecular formula is C21H20N4O2. The number of aromatic nitrogens is 2. The maximum Gasteiger partial charge on any atom is 0.271 e. The van der Waals surface area contributed by atoms with Crippen LogP contribution in [0.25, 0.3) is 10.9 Å². The smallest absolute Gasteiger partial charge is 0.271 e. The Balaban J connectivity index is 1.53. The van der Waals surface area contributed by atoms with Crippen LogP contribution in [0.1, 0.15) is 40.7 Å². The highest BCUT2D eigenvalue weighted by Gasteiger charge is 2.17. The van der Waals surface area contributed by atoms with Crippen LogP contribution in [0, 0.1) is 0 Å². The number of hydrazone groups is 1. The molecule has 3 aromatic rings. The van der Waals surface area contributed by atoms with E-state index in [1.807, 2.05) is 24.3 Å². The minimum atomic E-state index is -0.333. The van der Waals surface area contributed by atoms with Gasteiger partial charge in [0.25, 0.3) is 11.5 Å². The molecule has 2 heterocycles. The van der Waals surface area contributed by atoms with Crippen molar-refractivity contribution in [3.05, 3.63) is 75.3 Å². The quantitative estimate of drug-likeness (QED) is 0.574. The van der Waals surface area contributed by atoms with E-state index in [0.717, 1.165) is 30.7 Å². The lowest BCUT2D eigenvalue weighted by atomic mass is 10.1. The Morgan fingerprint density at radius 1 is 1.26 bits per heavy atom. The first-order valence-electron chi connectivity index (χ1n) is 9.11. The van der Waals surface area contributed by atoms with Crippen LogP contribution in [0.3, 0.4) is 0 Å². The molecule has 0 saturated heterocycles. The Labute approximate surface area is 156 Å². The van der Waals surface area contributed by atoms with Crippen LogP contribution < -0.4 is 11.0 Å². The summed E-state index contributed by atoms with van der Waals surface area (Å²) in [7, 11) is 0. The first-order chi connectivity index (χ1) is 13.2. The summed E-state index contributed by atoms with van der Waals surface area (Å²) < 4.78 is 1.72. The molecule has 136 valence electrons. The number of aryl methyl sites for hydroxylation is 2. The Morgan fingerprint density at radius 3 is 2.85 bits per heavy atom. The molecule has 27 heavy (non-hydrogen) atoms. The van der Waals surface area contributed by atoms with E-state index in [1.165, 1.54) is 5.56 Å². The zero-order valence-corrected chi connectivity index (χ0v) is 15.1. The van der Waals surface area contributed by atoms with Crippen LogP contribution in [0.5, 0.6) is 0 Å². The van der Waals surface area contributed by atoms with E-state index >= 15 is 0 Å². The third kappa shape index (κ3) is 3.38. The van der Waals surface area contributed by atoms with Gasteiger partial charge in [-0.15, -0.1) is 0 Å². The maximum absolute atomic E-state index is 12.5. The second-order valence-corrected chi connectivity index (χ2v) is 6.61. The van der Waals surface area contributed by atoms with Gasteiger partial charge in [0.05, 0.1) is 17.1 Å². The highest BCUT2D eigenvalue weighted by atomic mass is 16.2. The average molecular weight is 360 g/mol. The number of carbonyl (C=O) groups excluding carboxylic acids is 1. The van der Waals surface area contributed by atoms with Gasteiger partial charge >= 0.3 is 0 Å². The highest BCUT2D eigenvalue weighted by Crippen LogP contribution is 2.16. The van der Waals surface area contributed by atoms with Gasteiger partial charge in [0, 0.05) is 18.5 Å². The van der Waals surface area contributed by atoms with Gasteiger partial charge in [-0.25, -0.2) is 10.4 Å². The zero-order chi connectivity index (χ0) is 18.8. The summed E-state index contributed by atoms with van der Waals surface area (Å²) in [5.74, 6) is 0.458. The molecule has 6 nitrogen and oxygen atoms in total. The van der Waals surface area contributed by atoms with Gasteiger partial charge in [-0.2, -0.15) is 5.10 Å². The molecule has 0 atom stereocenters. The average Bonchev–Trinajstić information content (AvgIpc) is 3.17. The van der Waals surface area contributed by atoms with Crippen molar-refractivity contribution in [3.8, 4) is 0 Å². The number of hydrogen-bond acceptors (Lipinski definition) is 4. The molecule has 0 unspecified atom stereocenters. The Bertz CT molecular complexity index is 1100. The first-order valence-corrected chi connectivity index (χ1v) is 9.11. The van der Waals surface area contributed by atoms with Gasteiger partial charge in [0.1, 0.15) is 5.82 Å². The second-order valence-electron chi connectivity index (χ2n) is 6.61. The van der Waals surface area contributed by atoms with Crippen molar-refractivity contribution in [2.75, 3.05) is 0 Å². The number of fused-ring (bicyclic) bond motifs is 2. The fourth-order valence-corrected chi connectivity index (χ4v) is 3.29. The van der Waals surface area contributed by atoms with Crippen LogP contribution in [-0.4, -0.2) is 21.7 Å². The Kier molecular flexibility index (Phi) is 4.54. The monoisotopic (exact) mass is 360 g/mol. The third-order valence-electron chi connectivity index (χ3n) is 4.85. The Morgan fingerprint density at radius 2 is 2.07 bits per heavy atom. The summed E-state index contributed by atoms with van der Waals surface area (Å²) in [6.45, 7) is 2.82. The zero-order valence-electron chi connectivity index (χ0n) is 15.1. The van der Waals surface area contributed by atoms with E-state index in [9.17, 15) is 9.59 Å². The highest BCUT2D eigenvalue weighted by molar-refractivity contribution is 5.98. The normalized spacial score (nSPS) is 13.2. The summed E-state index contributed by atoms with van der Waals surface area (Å²) in [5, 5.41) is 4.56. The van der Waals surface area contributed by atoms with Crippen LogP contribution in [0.15, 0.2) is 52.4 Å². The van der Waals surface area contributed by atoms with E-state index < -0.39 is 0 Å². The van der Waals surface area contributed by atoms with E-state index in [1.54, 1.807) is 29.0 Å². The second kappa shape index (κ2) is 7.15. The van der Waals surface area contributed by atoms with Crippen molar-refractivity contribution in [2.45, 2.75) is 32.7 Å². The van der Waals surface area contributed by atoms with Crippen LogP contribution >= 0.6 is 0 Å². The van der Waals surface area contributed by atoms with Gasteiger partial charge in [-0.1, -0.05) is 31.2 Å². The number of carbonyl (C=O) groups is 1. The van der Waals surface area contributed by atoms with E-state index in [-0.39, 0.29) is 11.5 Å². The number of rotatable bonds is 4. The molecule has 0 radical (unpaired) electrons. The predicted octanol–water partition coefficient (Wildman–Crippen LogP) is 2.67. The fourth-order valence-electron chi connectivity index (χ4n) is 3.29. The molecule has 0 saturated carbocycles. The molecule has 0 fully saturated rings. The van der Waals surface area contributed by atoms with Gasteiger partial charge < -0.3 is 0 Å². The van der Waals surface area contributed by atoms with Crippen molar-refractivity contribution in [2.24, 2.45) is 5.10 Å². The van der Waals surface area contributed by atoms with Crippen molar-refractivity contribution < 1.29 is 4.79 Å². The molecule has 2 aromatic carbocycles. The molecular weight excluding hydrogens is 340 g/mol. The summed E-state index contributed by atoms with van der Waals surface area (Å²) in [6.07, 6.45) is 4.31. The number of amides is 1. The SMILES string of the molecule is CCc1ccc(/C=N\NC(=O)c2ccc3c(=O)n4c(nc3c2)CCC4)cc1. The standard InChI is InChI=1S/C21H20N4O2/c1-2-14-5-7-15(8-6-14)13-22-24-20(26)16-9-10-17-18(12-16)23-19-4-3-11-25(19)21(17)27/h5-10,12-13H,2-4,11H2,1H3,(H,24,26)/b22-13-. The number of nitrogens with one attached hydrogen (secondary N) is 1. The van der Waals surface area contributed by atoms with Gasteiger partial charge in [-0.05, 0) is 42.2 Å². The molecule has 0 spiro atoms. The lowest BCUT2D eigenvalue weighted by Crippen LogP contribution is -2.22. The Hall–Kier alpha value is -3.28. The third-order valence-corrected chi connectivity index (χ3v) is 4.85. The van der Waals surface area contributed by atoms with Crippen LogP contribution in [0.2, 0.25) is 0 Å². The number of hydrogen-bond donors (Lipinski definition) is 1. The van der Waals surface area contributed by atoms with Crippen molar-refractivity contribution in [3.63, 3.8) is 0 Å². The number of benzene rings is 2. The first kappa shape index (κ1) is 17.1. The van der Waals surface area contributed by atoms with Gasteiger partial charge in [-0.3, -0.25) is 14.2 Å². The summed E-state index contributed by atoms with van der Waals surface area (Å²) >= 11 is 0. The van der Waals surface area contributed by atoms with Gasteiger partial charge in [0.2, 0.25) is 0 Å². The van der Waals surface area contributed by atoms with Crippen molar-refractivity contribution >= 4 is 23.0 Å². The lowest BCUT2D eigenvalue weighted by Gasteiger charge is -2.06. The van der Waals surface area contributed by atoms with E-state index in [4.69, 9.17) is 0 Å².